The molecule has 2 heterocycles. The SMILES string of the molecule is Cc1sc2ccccc2c1-c1ccnc(-c2cc(C(C)(C)C)c3ccccc3c2)c1. The molecule has 0 aliphatic rings. The minimum Gasteiger partial charge on any atom is -0.256 e. The van der Waals surface area contributed by atoms with Gasteiger partial charge in [0.05, 0.1) is 5.69 Å². The van der Waals surface area contributed by atoms with Gasteiger partial charge < -0.3 is 0 Å². The first-order valence-electron chi connectivity index (χ1n) is 10.4. The number of nitrogens with zero attached hydrogens (tertiary/aromatic N) is 1. The molecule has 0 amide bonds. The van der Waals surface area contributed by atoms with Gasteiger partial charge >= 0.3 is 0 Å². The Labute approximate surface area is 182 Å². The highest BCUT2D eigenvalue weighted by molar-refractivity contribution is 7.19. The number of fused-ring (bicyclic) bond motifs is 2. The molecule has 148 valence electrons. The molecular weight excluding hydrogens is 382 g/mol. The molecule has 2 aromatic heterocycles. The Hall–Kier alpha value is -2.97. The summed E-state index contributed by atoms with van der Waals surface area (Å²) in [6.07, 6.45) is 1.95. The Balaban J connectivity index is 1.71. The second-order valence-electron chi connectivity index (χ2n) is 8.95. The summed E-state index contributed by atoms with van der Waals surface area (Å²) in [6, 6.07) is 26.3. The van der Waals surface area contributed by atoms with Crippen molar-refractivity contribution in [3.8, 4) is 22.4 Å². The Morgan fingerprint density at radius 2 is 1.50 bits per heavy atom. The molecule has 5 aromatic rings. The van der Waals surface area contributed by atoms with Crippen LogP contribution in [0.2, 0.25) is 0 Å². The fourth-order valence-corrected chi connectivity index (χ4v) is 5.44. The number of thiophene rings is 1. The predicted octanol–water partition coefficient (Wildman–Crippen LogP) is 8.39. The van der Waals surface area contributed by atoms with Gasteiger partial charge in [-0.05, 0) is 64.6 Å². The highest BCUT2D eigenvalue weighted by Crippen LogP contribution is 2.40. The van der Waals surface area contributed by atoms with Gasteiger partial charge in [0.25, 0.3) is 0 Å². The van der Waals surface area contributed by atoms with Crippen molar-refractivity contribution < 1.29 is 0 Å². The molecule has 1 nitrogen and oxygen atoms in total. The third-order valence-electron chi connectivity index (χ3n) is 5.79. The molecule has 0 saturated carbocycles. The first-order valence-corrected chi connectivity index (χ1v) is 11.2. The van der Waals surface area contributed by atoms with Crippen LogP contribution in [0.5, 0.6) is 0 Å². The van der Waals surface area contributed by atoms with Crippen LogP contribution in [0.25, 0.3) is 43.2 Å². The highest BCUT2D eigenvalue weighted by Gasteiger charge is 2.19. The Morgan fingerprint density at radius 3 is 2.30 bits per heavy atom. The molecule has 5 rings (SSSR count). The molecule has 0 atom stereocenters. The number of pyridine rings is 1. The summed E-state index contributed by atoms with van der Waals surface area (Å²) in [5, 5.41) is 3.92. The van der Waals surface area contributed by atoms with Crippen LogP contribution in [-0.4, -0.2) is 4.98 Å². The van der Waals surface area contributed by atoms with Gasteiger partial charge in [-0.1, -0.05) is 63.2 Å². The van der Waals surface area contributed by atoms with Crippen molar-refractivity contribution >= 4 is 32.2 Å². The second-order valence-corrected chi connectivity index (χ2v) is 10.2. The van der Waals surface area contributed by atoms with E-state index in [2.05, 4.69) is 100 Å². The van der Waals surface area contributed by atoms with Gasteiger partial charge in [0.1, 0.15) is 0 Å². The van der Waals surface area contributed by atoms with E-state index in [9.17, 15) is 0 Å². The van der Waals surface area contributed by atoms with E-state index < -0.39 is 0 Å². The average molecular weight is 408 g/mol. The van der Waals surface area contributed by atoms with Crippen molar-refractivity contribution in [3.05, 3.63) is 89.4 Å². The van der Waals surface area contributed by atoms with Gasteiger partial charge in [-0.2, -0.15) is 0 Å². The molecule has 3 aromatic carbocycles. The van der Waals surface area contributed by atoms with Gasteiger partial charge in [0, 0.05) is 32.3 Å². The lowest BCUT2D eigenvalue weighted by molar-refractivity contribution is 0.596. The summed E-state index contributed by atoms with van der Waals surface area (Å²) in [7, 11) is 0. The Morgan fingerprint density at radius 1 is 0.767 bits per heavy atom. The van der Waals surface area contributed by atoms with Crippen LogP contribution >= 0.6 is 11.3 Å². The molecule has 0 radical (unpaired) electrons. The van der Waals surface area contributed by atoms with E-state index in [0.717, 1.165) is 5.69 Å². The van der Waals surface area contributed by atoms with Gasteiger partial charge in [-0.3, -0.25) is 4.98 Å². The minimum absolute atomic E-state index is 0.0629. The van der Waals surface area contributed by atoms with Crippen LogP contribution in [0.1, 0.15) is 31.2 Å². The summed E-state index contributed by atoms with van der Waals surface area (Å²) in [5.74, 6) is 0. The zero-order valence-electron chi connectivity index (χ0n) is 17.9. The minimum atomic E-state index is 0.0629. The van der Waals surface area contributed by atoms with Crippen molar-refractivity contribution in [2.24, 2.45) is 0 Å². The normalized spacial score (nSPS) is 12.0. The third kappa shape index (κ3) is 3.22. The van der Waals surface area contributed by atoms with Crippen LogP contribution in [0.4, 0.5) is 0 Å². The average Bonchev–Trinajstić information content (AvgIpc) is 3.08. The lowest BCUT2D eigenvalue weighted by Gasteiger charge is -2.22. The number of aromatic nitrogens is 1. The summed E-state index contributed by atoms with van der Waals surface area (Å²) in [6.45, 7) is 9.06. The fraction of sp³-hybridized carbons (Fsp3) is 0.179. The van der Waals surface area contributed by atoms with E-state index in [1.165, 1.54) is 48.0 Å². The van der Waals surface area contributed by atoms with E-state index in [4.69, 9.17) is 4.98 Å². The number of aryl methyl sites for hydroxylation is 1. The molecule has 0 fully saturated rings. The maximum Gasteiger partial charge on any atom is 0.0708 e. The van der Waals surface area contributed by atoms with Crippen molar-refractivity contribution in [1.29, 1.82) is 0 Å². The van der Waals surface area contributed by atoms with Gasteiger partial charge in [0.2, 0.25) is 0 Å². The van der Waals surface area contributed by atoms with Crippen LogP contribution in [0, 0.1) is 6.92 Å². The highest BCUT2D eigenvalue weighted by atomic mass is 32.1. The molecule has 30 heavy (non-hydrogen) atoms. The van der Waals surface area contributed by atoms with Crippen molar-refractivity contribution in [3.63, 3.8) is 0 Å². The van der Waals surface area contributed by atoms with Crippen LogP contribution in [0.15, 0.2) is 79.0 Å². The third-order valence-corrected chi connectivity index (χ3v) is 6.87. The van der Waals surface area contributed by atoms with E-state index >= 15 is 0 Å². The molecular formula is C28H25NS. The zero-order chi connectivity index (χ0) is 20.9. The molecule has 0 spiro atoms. The van der Waals surface area contributed by atoms with Crippen LogP contribution in [-0.2, 0) is 5.41 Å². The number of hydrogen-bond donors (Lipinski definition) is 0. The molecule has 0 aliphatic heterocycles. The van der Waals surface area contributed by atoms with Crippen molar-refractivity contribution in [2.45, 2.75) is 33.1 Å². The first kappa shape index (κ1) is 19.0. The lowest BCUT2D eigenvalue weighted by atomic mass is 9.82. The second kappa shape index (κ2) is 7.07. The maximum absolute atomic E-state index is 4.76. The topological polar surface area (TPSA) is 12.9 Å². The summed E-state index contributed by atoms with van der Waals surface area (Å²) >= 11 is 1.86. The van der Waals surface area contributed by atoms with E-state index in [0.29, 0.717) is 0 Å². The predicted molar refractivity (Wildman–Crippen MR) is 131 cm³/mol. The van der Waals surface area contributed by atoms with Crippen molar-refractivity contribution in [2.75, 3.05) is 0 Å². The molecule has 0 unspecified atom stereocenters. The smallest absolute Gasteiger partial charge is 0.0708 e. The summed E-state index contributed by atoms with van der Waals surface area (Å²) < 4.78 is 1.34. The lowest BCUT2D eigenvalue weighted by Crippen LogP contribution is -2.12. The molecule has 2 heteroatoms. The molecule has 0 aliphatic carbocycles. The van der Waals surface area contributed by atoms with Gasteiger partial charge in [-0.25, -0.2) is 0 Å². The number of benzene rings is 3. The molecule has 0 bridgehead atoms. The standard InChI is InChI=1S/C28H25NS/c1-18-27(23-11-7-8-12-26(23)30-18)20-13-14-29-25(17-20)21-15-19-9-5-6-10-22(19)24(16-21)28(2,3)4/h5-17H,1-4H3. The Bertz CT molecular complexity index is 1390. The van der Waals surface area contributed by atoms with Crippen molar-refractivity contribution in [1.82, 2.24) is 4.98 Å². The molecule has 0 saturated heterocycles. The monoisotopic (exact) mass is 407 g/mol. The fourth-order valence-electron chi connectivity index (χ4n) is 4.35. The van der Waals surface area contributed by atoms with E-state index in [1.54, 1.807) is 0 Å². The van der Waals surface area contributed by atoms with Gasteiger partial charge in [0.15, 0.2) is 0 Å². The van der Waals surface area contributed by atoms with E-state index in [1.807, 2.05) is 17.5 Å². The first-order chi connectivity index (χ1) is 14.4. The molecule has 0 N–H and O–H groups in total. The number of hydrogen-bond acceptors (Lipinski definition) is 2. The largest absolute Gasteiger partial charge is 0.256 e. The van der Waals surface area contributed by atoms with E-state index in [-0.39, 0.29) is 5.41 Å². The Kier molecular flexibility index (Phi) is 4.48. The zero-order valence-corrected chi connectivity index (χ0v) is 18.7. The van der Waals surface area contributed by atoms with Crippen LogP contribution in [0.3, 0.4) is 0 Å². The maximum atomic E-state index is 4.76. The quantitative estimate of drug-likeness (QED) is 0.286. The summed E-state index contributed by atoms with van der Waals surface area (Å²) in [5.41, 5.74) is 6.19. The van der Waals surface area contributed by atoms with Gasteiger partial charge in [-0.15, -0.1) is 11.3 Å². The van der Waals surface area contributed by atoms with Crippen LogP contribution < -0.4 is 0 Å². The summed E-state index contributed by atoms with van der Waals surface area (Å²) in [4.78, 5) is 6.11. The number of rotatable bonds is 2.